The van der Waals surface area contributed by atoms with E-state index in [1.54, 1.807) is 0 Å². The van der Waals surface area contributed by atoms with Crippen LogP contribution in [0.1, 0.15) is 0 Å². The van der Waals surface area contributed by atoms with Crippen LogP contribution in [0, 0.1) is 0 Å². The van der Waals surface area contributed by atoms with Gasteiger partial charge in [-0.1, -0.05) is 0 Å². The highest BCUT2D eigenvalue weighted by atomic mass is 19.4. The van der Waals surface area contributed by atoms with Gasteiger partial charge in [-0.2, -0.15) is 105 Å². The minimum absolute atomic E-state index is 2.31. The largest absolute Gasteiger partial charge is 0.425 e. The topological polar surface area (TPSA) is 55.4 Å². The van der Waals surface area contributed by atoms with Crippen LogP contribution in [0.4, 0.5) is 158 Å². The third-order valence-corrected chi connectivity index (χ3v) is 7.05. The lowest BCUT2D eigenvalue weighted by molar-refractivity contribution is -0.461. The quantitative estimate of drug-likeness (QED) is 0.0696. The van der Waals surface area contributed by atoms with Crippen LogP contribution in [0.3, 0.4) is 0 Å². The van der Waals surface area contributed by atoms with Crippen molar-refractivity contribution >= 4 is 0 Å². The summed E-state index contributed by atoms with van der Waals surface area (Å²) in [5.74, 6) is -46.0. The first-order chi connectivity index (χ1) is 28.7. The highest BCUT2D eigenvalue weighted by molar-refractivity contribution is 4.96. The first-order valence-corrected chi connectivity index (χ1v) is 14.9. The zero-order chi connectivity index (χ0) is 53.4. The van der Waals surface area contributed by atoms with Gasteiger partial charge in [0.05, 0.1) is 13.2 Å². The Morgan fingerprint density at radius 3 is 0.545 bits per heavy atom. The summed E-state index contributed by atoms with van der Waals surface area (Å²) in [6.45, 7) is -9.00. The number of hydrogen-bond acceptors (Lipinski definition) is 6. The molecule has 42 heteroatoms. The van der Waals surface area contributed by atoms with E-state index in [2.05, 4.69) is 28.4 Å². The molecule has 0 saturated heterocycles. The van der Waals surface area contributed by atoms with E-state index in [1.165, 1.54) is 0 Å². The van der Waals surface area contributed by atoms with Crippen LogP contribution < -0.4 is 0 Å². The molecule has 6 nitrogen and oxygen atoms in total. The van der Waals surface area contributed by atoms with Crippen LogP contribution in [0.15, 0.2) is 0 Å². The van der Waals surface area contributed by atoms with Crippen molar-refractivity contribution in [2.45, 2.75) is 135 Å². The maximum absolute atomic E-state index is 14.7. The Balaban J connectivity index is 9.33. The molecule has 0 heterocycles. The lowest BCUT2D eigenvalue weighted by Gasteiger charge is -2.43. The predicted molar refractivity (Wildman–Crippen MR) is 127 cm³/mol. The van der Waals surface area contributed by atoms with Crippen molar-refractivity contribution in [3.8, 4) is 0 Å². The number of hydrogen-bond donors (Lipinski definition) is 0. The number of ether oxygens (including phenoxy) is 6. The van der Waals surface area contributed by atoms with E-state index in [1.807, 2.05) is 0 Å². The maximum Gasteiger partial charge on any atom is 0.425 e. The Bertz CT molecular complexity index is 1410. The smallest absolute Gasteiger partial charge is 0.313 e. The van der Waals surface area contributed by atoms with Gasteiger partial charge in [-0.25, -0.2) is 52.7 Å². The summed E-state index contributed by atoms with van der Waals surface area (Å²) in [6.07, 6.45) is -110. The Morgan fingerprint density at radius 1 is 0.227 bits per heavy atom. The molecular weight excluding hydrogens is 1070 g/mol. The second-order valence-electron chi connectivity index (χ2n) is 11.7. The van der Waals surface area contributed by atoms with Crippen LogP contribution in [0.2, 0.25) is 0 Å². The molecule has 0 aliphatic heterocycles. The summed E-state index contributed by atoms with van der Waals surface area (Å²) in [5, 5.41) is 0. The average Bonchev–Trinajstić information content (AvgIpc) is 3.12. The molecule has 0 aromatic rings. The number of halogens is 36. The summed E-state index contributed by atoms with van der Waals surface area (Å²) in [7, 11) is 0. The van der Waals surface area contributed by atoms with E-state index in [0.717, 1.165) is 0 Å². The molecule has 398 valence electrons. The fourth-order valence-electron chi connectivity index (χ4n) is 3.47. The lowest BCUT2D eigenvalue weighted by Crippen LogP contribution is -2.65. The van der Waals surface area contributed by atoms with E-state index < -0.39 is 148 Å². The van der Waals surface area contributed by atoms with E-state index in [0.29, 0.717) is 0 Å². The maximum atomic E-state index is 14.7. The molecule has 0 fully saturated rings. The van der Waals surface area contributed by atoms with Crippen molar-refractivity contribution in [2.75, 3.05) is 13.2 Å². The van der Waals surface area contributed by atoms with Gasteiger partial charge in [0.25, 0.3) is 0 Å². The normalized spacial score (nSPS) is 17.5. The van der Waals surface area contributed by atoms with E-state index >= 15 is 0 Å². The van der Waals surface area contributed by atoms with Crippen molar-refractivity contribution in [1.82, 2.24) is 0 Å². The molecular formula is C24H14F36O6. The molecule has 0 aromatic heterocycles. The molecule has 0 aromatic carbocycles. The SMILES string of the molecule is FC(F)C(F)(F)C(F)(F)OC[C@H](OC(F)(F)C(F)(F)C(F)F)[C@@H](OC(F)(F)C(F)(F)C(F)F)[C@H](OC(F)(F)C(F)(F)C(F)F)[C@@H](COC(F)(F)C(F)(F)C(F)F)OC(F)(F)C(F)(F)C(F)F. The van der Waals surface area contributed by atoms with Crippen molar-refractivity contribution in [1.29, 1.82) is 0 Å². The van der Waals surface area contributed by atoms with Crippen LogP contribution in [-0.2, 0) is 28.4 Å². The molecule has 0 aliphatic rings. The number of alkyl halides is 36. The van der Waals surface area contributed by atoms with Gasteiger partial charge in [0.1, 0.15) is 24.4 Å². The summed E-state index contributed by atoms with van der Waals surface area (Å²) < 4.78 is 505. The van der Waals surface area contributed by atoms with Crippen molar-refractivity contribution in [3.63, 3.8) is 0 Å². The molecule has 0 spiro atoms. The van der Waals surface area contributed by atoms with Crippen molar-refractivity contribution in [3.05, 3.63) is 0 Å². The molecule has 0 rings (SSSR count). The van der Waals surface area contributed by atoms with Gasteiger partial charge in [0, 0.05) is 0 Å². The Kier molecular flexibility index (Phi) is 19.4. The van der Waals surface area contributed by atoms with Crippen LogP contribution in [-0.4, -0.2) is 148 Å². The van der Waals surface area contributed by atoms with Gasteiger partial charge in [-0.05, 0) is 0 Å². The summed E-state index contributed by atoms with van der Waals surface area (Å²) in [4.78, 5) is 0. The Hall–Kier alpha value is -2.76. The molecule has 0 aliphatic carbocycles. The molecule has 0 unspecified atom stereocenters. The van der Waals surface area contributed by atoms with Gasteiger partial charge in [-0.15, -0.1) is 0 Å². The van der Waals surface area contributed by atoms with Crippen molar-refractivity contribution < 1.29 is 186 Å². The fraction of sp³-hybridized carbons (Fsp3) is 1.00. The molecule has 0 saturated carbocycles. The number of rotatable bonds is 29. The lowest BCUT2D eigenvalue weighted by atomic mass is 10.0. The minimum Gasteiger partial charge on any atom is -0.313 e. The highest BCUT2D eigenvalue weighted by Crippen LogP contribution is 2.50. The monoisotopic (exact) mass is 1080 g/mol. The van der Waals surface area contributed by atoms with Gasteiger partial charge < -0.3 is 28.4 Å². The Labute approximate surface area is 336 Å². The second kappa shape index (κ2) is 20.3. The van der Waals surface area contributed by atoms with Gasteiger partial charge >= 0.3 is 111 Å². The molecule has 0 radical (unpaired) electrons. The zero-order valence-electron chi connectivity index (χ0n) is 29.2. The molecule has 66 heavy (non-hydrogen) atoms. The van der Waals surface area contributed by atoms with E-state index in [4.69, 9.17) is 0 Å². The Morgan fingerprint density at radius 2 is 0.379 bits per heavy atom. The molecule has 0 amide bonds. The van der Waals surface area contributed by atoms with E-state index in [-0.39, 0.29) is 0 Å². The third kappa shape index (κ3) is 12.9. The summed E-state index contributed by atoms with van der Waals surface area (Å²) in [6, 6.07) is 0. The zero-order valence-corrected chi connectivity index (χ0v) is 29.2. The van der Waals surface area contributed by atoms with Gasteiger partial charge in [0.15, 0.2) is 0 Å². The van der Waals surface area contributed by atoms with E-state index in [9.17, 15) is 158 Å². The van der Waals surface area contributed by atoms with Gasteiger partial charge in [0.2, 0.25) is 0 Å². The second-order valence-corrected chi connectivity index (χ2v) is 11.7. The van der Waals surface area contributed by atoms with Crippen molar-refractivity contribution in [2.24, 2.45) is 0 Å². The van der Waals surface area contributed by atoms with Crippen LogP contribution in [0.5, 0.6) is 0 Å². The molecule has 4 atom stereocenters. The standard InChI is InChI=1S/C24H14F36O6/c25-7(26)13(37,38)19(49,50)61-1-3(63-21(53,54)15(41,42)9(29)30)5(65-23(57,58)17(45,46)11(33)34)6(66-24(59,60)18(47,48)12(35)36)4(64-22(55,56)16(43,44)10(31)32)2-62-20(51,52)14(39,40)8(27)28/h3-12H,1-2H2/t3-,4+,5-,6-/m1/s1. The van der Waals surface area contributed by atoms with Crippen LogP contribution >= 0.6 is 0 Å². The third-order valence-electron chi connectivity index (χ3n) is 7.05. The average molecular weight is 1080 g/mol. The fourth-order valence-corrected chi connectivity index (χ4v) is 3.47. The summed E-state index contributed by atoms with van der Waals surface area (Å²) >= 11 is 0. The molecule has 0 N–H and O–H groups in total. The summed E-state index contributed by atoms with van der Waals surface area (Å²) in [5.41, 5.74) is 0. The minimum atomic E-state index is -8.18. The van der Waals surface area contributed by atoms with Gasteiger partial charge in [-0.3, -0.25) is 0 Å². The molecule has 0 bridgehead atoms. The predicted octanol–water partition coefficient (Wildman–Crippen LogP) is 11.5. The highest BCUT2D eigenvalue weighted by Gasteiger charge is 2.74. The first-order valence-electron chi connectivity index (χ1n) is 14.9. The first kappa shape index (κ1) is 63.2. The van der Waals surface area contributed by atoms with Crippen LogP contribution in [0.25, 0.3) is 0 Å².